The van der Waals surface area contributed by atoms with E-state index >= 15 is 0 Å². The Bertz CT molecular complexity index is 769. The highest BCUT2D eigenvalue weighted by molar-refractivity contribution is 5.78. The lowest BCUT2D eigenvalue weighted by atomic mass is 10.1. The van der Waals surface area contributed by atoms with Crippen molar-refractivity contribution in [3.8, 4) is 0 Å². The van der Waals surface area contributed by atoms with Crippen LogP contribution in [-0.2, 0) is 47.6 Å². The standard InChI is InChI=1S/C34H60O11/c1-3-5-7-9-11-13-17-25-40-30(35)21-22-31(36)42-27-19-15-16-20-28-43-34(39)45-29-44-33(38)24-23-32(37)41-26-18-14-12-10-8-6-4-2/h3-29H2,1-2H3. The lowest BCUT2D eigenvalue weighted by Crippen LogP contribution is -2.15. The third-order valence-corrected chi connectivity index (χ3v) is 7.01. The highest BCUT2D eigenvalue weighted by Gasteiger charge is 2.12. The SMILES string of the molecule is CCCCCCCCCOC(=O)CCC(=O)OCCCCCCOC(=O)OCOC(=O)CCC(=O)OCCCCCCCCC. The summed E-state index contributed by atoms with van der Waals surface area (Å²) in [6.45, 7) is 4.92. The first-order valence-corrected chi connectivity index (χ1v) is 17.3. The molecule has 0 N–H and O–H groups in total. The van der Waals surface area contributed by atoms with Gasteiger partial charge in [0.25, 0.3) is 0 Å². The average Bonchev–Trinajstić information content (AvgIpc) is 3.02. The Kier molecular flexibility index (Phi) is 30.5. The van der Waals surface area contributed by atoms with Gasteiger partial charge in [0, 0.05) is 0 Å². The molecule has 0 rings (SSSR count). The van der Waals surface area contributed by atoms with E-state index in [9.17, 15) is 24.0 Å². The number of unbranched alkanes of at least 4 members (excludes halogenated alkanes) is 15. The number of hydrogen-bond donors (Lipinski definition) is 0. The van der Waals surface area contributed by atoms with Crippen LogP contribution in [0.25, 0.3) is 0 Å². The lowest BCUT2D eigenvalue weighted by Gasteiger charge is -2.08. The zero-order valence-corrected chi connectivity index (χ0v) is 28.1. The summed E-state index contributed by atoms with van der Waals surface area (Å²) in [5.41, 5.74) is 0. The first-order chi connectivity index (χ1) is 21.9. The Labute approximate surface area is 270 Å². The van der Waals surface area contributed by atoms with Crippen molar-refractivity contribution in [1.29, 1.82) is 0 Å². The summed E-state index contributed by atoms with van der Waals surface area (Å²) in [5.74, 6) is -1.92. The molecule has 0 saturated heterocycles. The van der Waals surface area contributed by atoms with Gasteiger partial charge in [-0.3, -0.25) is 19.2 Å². The van der Waals surface area contributed by atoms with Gasteiger partial charge in [-0.15, -0.1) is 0 Å². The molecule has 0 bridgehead atoms. The fourth-order valence-electron chi connectivity index (χ4n) is 4.27. The molecule has 11 nitrogen and oxygen atoms in total. The minimum Gasteiger partial charge on any atom is -0.466 e. The molecular weight excluding hydrogens is 584 g/mol. The Hall–Kier alpha value is -2.85. The smallest absolute Gasteiger partial charge is 0.466 e. The summed E-state index contributed by atoms with van der Waals surface area (Å²) in [4.78, 5) is 58.5. The van der Waals surface area contributed by atoms with Crippen LogP contribution < -0.4 is 0 Å². The van der Waals surface area contributed by atoms with Crippen LogP contribution in [0.3, 0.4) is 0 Å². The highest BCUT2D eigenvalue weighted by atomic mass is 16.8. The van der Waals surface area contributed by atoms with Gasteiger partial charge in [-0.2, -0.15) is 0 Å². The number of hydrogen-bond acceptors (Lipinski definition) is 11. The Balaban J connectivity index is 3.51. The molecule has 0 aliphatic heterocycles. The molecule has 0 aromatic carbocycles. The van der Waals surface area contributed by atoms with Crippen molar-refractivity contribution < 1.29 is 52.4 Å². The van der Waals surface area contributed by atoms with Crippen molar-refractivity contribution >= 4 is 30.0 Å². The van der Waals surface area contributed by atoms with E-state index in [0.717, 1.165) is 51.4 Å². The third kappa shape index (κ3) is 32.4. The van der Waals surface area contributed by atoms with Crippen molar-refractivity contribution in [2.75, 3.05) is 33.2 Å². The van der Waals surface area contributed by atoms with Crippen LogP contribution >= 0.6 is 0 Å². The first kappa shape index (κ1) is 42.1. The van der Waals surface area contributed by atoms with E-state index in [0.29, 0.717) is 26.1 Å². The number of ether oxygens (including phenoxy) is 6. The van der Waals surface area contributed by atoms with Crippen molar-refractivity contribution in [2.45, 2.75) is 155 Å². The predicted molar refractivity (Wildman–Crippen MR) is 169 cm³/mol. The summed E-state index contributed by atoms with van der Waals surface area (Å²) in [7, 11) is 0. The van der Waals surface area contributed by atoms with Gasteiger partial charge in [0.1, 0.15) is 0 Å². The van der Waals surface area contributed by atoms with E-state index in [2.05, 4.69) is 13.8 Å². The number of carbonyl (C=O) groups excluding carboxylic acids is 5. The monoisotopic (exact) mass is 644 g/mol. The fourth-order valence-corrected chi connectivity index (χ4v) is 4.27. The molecule has 0 fully saturated rings. The average molecular weight is 645 g/mol. The van der Waals surface area contributed by atoms with Gasteiger partial charge >= 0.3 is 30.0 Å². The summed E-state index contributed by atoms with van der Waals surface area (Å²) in [5, 5.41) is 0. The second-order valence-corrected chi connectivity index (χ2v) is 11.2. The number of esters is 4. The maximum absolute atomic E-state index is 11.8. The van der Waals surface area contributed by atoms with E-state index in [1.54, 1.807) is 0 Å². The van der Waals surface area contributed by atoms with Crippen LogP contribution in [0.1, 0.15) is 155 Å². The molecule has 0 saturated carbocycles. The van der Waals surface area contributed by atoms with E-state index in [-0.39, 0.29) is 44.9 Å². The molecule has 0 aliphatic carbocycles. The molecule has 0 aromatic rings. The summed E-state index contributed by atoms with van der Waals surface area (Å²) in [6, 6.07) is 0. The molecule has 0 unspecified atom stereocenters. The summed E-state index contributed by atoms with van der Waals surface area (Å²) in [6.07, 6.45) is 17.5. The van der Waals surface area contributed by atoms with Crippen molar-refractivity contribution in [1.82, 2.24) is 0 Å². The van der Waals surface area contributed by atoms with Crippen LogP contribution in [-0.4, -0.2) is 63.3 Å². The van der Waals surface area contributed by atoms with Crippen LogP contribution in [0.15, 0.2) is 0 Å². The zero-order valence-electron chi connectivity index (χ0n) is 28.1. The topological polar surface area (TPSA) is 141 Å². The van der Waals surface area contributed by atoms with Crippen molar-refractivity contribution in [3.05, 3.63) is 0 Å². The quantitative estimate of drug-likeness (QED) is 0.0315. The minimum absolute atomic E-state index is 0.00696. The number of carbonyl (C=O) groups is 5. The van der Waals surface area contributed by atoms with E-state index < -0.39 is 30.9 Å². The third-order valence-electron chi connectivity index (χ3n) is 7.01. The summed E-state index contributed by atoms with van der Waals surface area (Å²) >= 11 is 0. The van der Waals surface area contributed by atoms with E-state index in [1.165, 1.54) is 51.4 Å². The molecule has 0 atom stereocenters. The Morgan fingerprint density at radius 1 is 0.333 bits per heavy atom. The molecular formula is C34H60O11. The predicted octanol–water partition coefficient (Wildman–Crippen LogP) is 7.89. The fraction of sp³-hybridized carbons (Fsp3) is 0.853. The Morgan fingerprint density at radius 3 is 0.978 bits per heavy atom. The zero-order chi connectivity index (χ0) is 33.2. The normalized spacial score (nSPS) is 10.6. The second-order valence-electron chi connectivity index (χ2n) is 11.2. The van der Waals surface area contributed by atoms with Crippen LogP contribution in [0.5, 0.6) is 0 Å². The summed E-state index contributed by atoms with van der Waals surface area (Å²) < 4.78 is 29.8. The molecule has 0 radical (unpaired) electrons. The van der Waals surface area contributed by atoms with E-state index in [4.69, 9.17) is 28.4 Å². The molecule has 0 heterocycles. The van der Waals surface area contributed by atoms with Crippen LogP contribution in [0.2, 0.25) is 0 Å². The molecule has 0 aromatic heterocycles. The minimum atomic E-state index is -0.952. The van der Waals surface area contributed by atoms with Gasteiger partial charge in [0.15, 0.2) is 0 Å². The van der Waals surface area contributed by atoms with Crippen molar-refractivity contribution in [3.63, 3.8) is 0 Å². The van der Waals surface area contributed by atoms with Crippen LogP contribution in [0.4, 0.5) is 4.79 Å². The first-order valence-electron chi connectivity index (χ1n) is 17.3. The van der Waals surface area contributed by atoms with Gasteiger partial charge in [-0.1, -0.05) is 90.9 Å². The molecule has 11 heteroatoms. The lowest BCUT2D eigenvalue weighted by molar-refractivity contribution is -0.157. The molecule has 0 aliphatic rings. The Morgan fingerprint density at radius 2 is 0.622 bits per heavy atom. The second kappa shape index (κ2) is 32.5. The van der Waals surface area contributed by atoms with Gasteiger partial charge in [-0.25, -0.2) is 4.79 Å². The van der Waals surface area contributed by atoms with Gasteiger partial charge in [0.2, 0.25) is 6.79 Å². The molecule has 0 amide bonds. The largest absolute Gasteiger partial charge is 0.511 e. The maximum Gasteiger partial charge on any atom is 0.511 e. The molecule has 262 valence electrons. The van der Waals surface area contributed by atoms with Crippen molar-refractivity contribution in [2.24, 2.45) is 0 Å². The van der Waals surface area contributed by atoms with Crippen LogP contribution in [0, 0.1) is 0 Å². The van der Waals surface area contributed by atoms with Gasteiger partial charge in [-0.05, 0) is 38.5 Å². The van der Waals surface area contributed by atoms with Gasteiger partial charge in [0.05, 0.1) is 52.1 Å². The van der Waals surface area contributed by atoms with E-state index in [1.807, 2.05) is 0 Å². The maximum atomic E-state index is 11.8. The highest BCUT2D eigenvalue weighted by Crippen LogP contribution is 2.09. The van der Waals surface area contributed by atoms with Gasteiger partial charge < -0.3 is 28.4 Å². The molecule has 45 heavy (non-hydrogen) atoms. The number of rotatable bonds is 31. The molecule has 0 spiro atoms.